The number of rotatable bonds is 5. The minimum absolute atomic E-state index is 0.0901. The van der Waals surface area contributed by atoms with Crippen LogP contribution in [0.3, 0.4) is 0 Å². The van der Waals surface area contributed by atoms with Crippen molar-refractivity contribution in [2.24, 2.45) is 0 Å². The second kappa shape index (κ2) is 6.26. The highest BCUT2D eigenvalue weighted by Crippen LogP contribution is 2.32. The number of aryl methyl sites for hydroxylation is 1. The van der Waals surface area contributed by atoms with Crippen LogP contribution in [0.5, 0.6) is 0 Å². The molecular weight excluding hydrogens is 268 g/mol. The molecule has 0 spiro atoms. The molecule has 5 nitrogen and oxygen atoms in total. The van der Waals surface area contributed by atoms with E-state index in [1.54, 1.807) is 4.90 Å². The molecule has 1 N–H and O–H groups in total. The Kier molecular flexibility index (Phi) is 4.20. The molecule has 2 amide bonds. The number of amides is 2. The lowest BCUT2D eigenvalue weighted by Gasteiger charge is -2.16. The smallest absolute Gasteiger partial charge is 0.251 e. The van der Waals surface area contributed by atoms with Gasteiger partial charge in [0.05, 0.1) is 12.5 Å². The third-order valence-corrected chi connectivity index (χ3v) is 4.26. The first-order valence-electron chi connectivity index (χ1n) is 7.53. The van der Waals surface area contributed by atoms with Gasteiger partial charge in [-0.1, -0.05) is 24.3 Å². The van der Waals surface area contributed by atoms with Crippen LogP contribution in [-0.2, 0) is 20.8 Å². The van der Waals surface area contributed by atoms with Gasteiger partial charge in [0.15, 0.2) is 0 Å². The van der Waals surface area contributed by atoms with E-state index in [0.29, 0.717) is 19.6 Å². The summed E-state index contributed by atoms with van der Waals surface area (Å²) in [7, 11) is 0. The molecular formula is C16H20N2O3. The lowest BCUT2D eigenvalue weighted by molar-refractivity contribution is -0.136. The quantitative estimate of drug-likeness (QED) is 0.658. The van der Waals surface area contributed by atoms with Crippen molar-refractivity contribution in [1.29, 1.82) is 0 Å². The van der Waals surface area contributed by atoms with E-state index in [1.807, 2.05) is 18.2 Å². The van der Waals surface area contributed by atoms with Gasteiger partial charge < -0.3 is 4.90 Å². The van der Waals surface area contributed by atoms with E-state index in [-0.39, 0.29) is 17.7 Å². The summed E-state index contributed by atoms with van der Waals surface area (Å²) in [5.74, 6) is -0.0306. The molecule has 1 fully saturated rings. The maximum absolute atomic E-state index is 12.2. The molecule has 3 rings (SSSR count). The summed E-state index contributed by atoms with van der Waals surface area (Å²) >= 11 is 0. The number of hydroxylamine groups is 1. The van der Waals surface area contributed by atoms with Crippen LogP contribution in [0.2, 0.25) is 0 Å². The maximum atomic E-state index is 12.2. The molecule has 1 saturated heterocycles. The molecule has 1 aliphatic carbocycles. The number of benzene rings is 1. The predicted molar refractivity (Wildman–Crippen MR) is 77.4 cm³/mol. The van der Waals surface area contributed by atoms with Gasteiger partial charge in [0.2, 0.25) is 5.91 Å². The Morgan fingerprint density at radius 1 is 1.33 bits per heavy atom. The van der Waals surface area contributed by atoms with E-state index in [4.69, 9.17) is 4.84 Å². The van der Waals surface area contributed by atoms with E-state index in [9.17, 15) is 9.59 Å². The third kappa shape index (κ3) is 3.08. The van der Waals surface area contributed by atoms with Crippen molar-refractivity contribution in [2.75, 3.05) is 19.7 Å². The van der Waals surface area contributed by atoms with Gasteiger partial charge in [-0.25, -0.2) is 5.48 Å². The fourth-order valence-electron chi connectivity index (χ4n) is 3.12. The van der Waals surface area contributed by atoms with E-state index in [2.05, 4.69) is 11.5 Å². The van der Waals surface area contributed by atoms with E-state index in [1.165, 1.54) is 5.56 Å². The summed E-state index contributed by atoms with van der Waals surface area (Å²) in [5, 5.41) is 0. The molecule has 1 aliphatic heterocycles. The predicted octanol–water partition coefficient (Wildman–Crippen LogP) is 1.39. The second-order valence-corrected chi connectivity index (χ2v) is 5.59. The number of nitrogens with one attached hydrogen (secondary N) is 1. The van der Waals surface area contributed by atoms with Crippen molar-refractivity contribution in [2.45, 2.75) is 31.6 Å². The topological polar surface area (TPSA) is 58.6 Å². The number of hydrogen-bond acceptors (Lipinski definition) is 3. The lowest BCUT2D eigenvalue weighted by Crippen LogP contribution is -2.34. The summed E-state index contributed by atoms with van der Waals surface area (Å²) in [6.07, 6.45) is 3.32. The zero-order valence-corrected chi connectivity index (χ0v) is 12.0. The molecule has 1 heterocycles. The monoisotopic (exact) mass is 288 g/mol. The van der Waals surface area contributed by atoms with Gasteiger partial charge in [0.25, 0.3) is 5.91 Å². The number of carbonyl (C=O) groups excluding carboxylic acids is 2. The van der Waals surface area contributed by atoms with E-state index < -0.39 is 0 Å². The minimum Gasteiger partial charge on any atom is -0.340 e. The third-order valence-electron chi connectivity index (χ3n) is 4.26. The van der Waals surface area contributed by atoms with Gasteiger partial charge in [0.1, 0.15) is 0 Å². The van der Waals surface area contributed by atoms with Crippen LogP contribution in [0.15, 0.2) is 24.3 Å². The Hall–Kier alpha value is -1.88. The maximum Gasteiger partial charge on any atom is 0.251 e. The van der Waals surface area contributed by atoms with Crippen molar-refractivity contribution >= 4 is 11.8 Å². The molecule has 1 atom stereocenters. The standard InChI is InChI=1S/C16H20N2O3/c19-15-6-3-9-18(15)10-11-21-17-16(20)14-8-7-12-4-1-2-5-13(12)14/h1-2,4-5,14H,3,6-11H2,(H,17,20)/t14-/m0/s1. The van der Waals surface area contributed by atoms with E-state index >= 15 is 0 Å². The second-order valence-electron chi connectivity index (χ2n) is 5.59. The van der Waals surface area contributed by atoms with Crippen LogP contribution in [0.4, 0.5) is 0 Å². The average molecular weight is 288 g/mol. The molecule has 0 aromatic heterocycles. The highest BCUT2D eigenvalue weighted by molar-refractivity contribution is 5.84. The largest absolute Gasteiger partial charge is 0.340 e. The zero-order valence-electron chi connectivity index (χ0n) is 12.0. The highest BCUT2D eigenvalue weighted by atomic mass is 16.7. The molecule has 5 heteroatoms. The van der Waals surface area contributed by atoms with Crippen LogP contribution in [-0.4, -0.2) is 36.4 Å². The normalized spacial score (nSPS) is 20.7. The van der Waals surface area contributed by atoms with E-state index in [0.717, 1.165) is 31.4 Å². The Labute approximate surface area is 124 Å². The van der Waals surface area contributed by atoms with Gasteiger partial charge >= 0.3 is 0 Å². The van der Waals surface area contributed by atoms with Gasteiger partial charge in [0, 0.05) is 19.5 Å². The average Bonchev–Trinajstić information content (AvgIpc) is 3.10. The Bertz CT molecular complexity index is 544. The molecule has 112 valence electrons. The fraction of sp³-hybridized carbons (Fsp3) is 0.500. The van der Waals surface area contributed by atoms with Crippen molar-refractivity contribution in [3.8, 4) is 0 Å². The Morgan fingerprint density at radius 3 is 3.00 bits per heavy atom. The molecule has 2 aliphatic rings. The van der Waals surface area contributed by atoms with Gasteiger partial charge in [-0.2, -0.15) is 0 Å². The minimum atomic E-state index is -0.116. The lowest BCUT2D eigenvalue weighted by atomic mass is 10.0. The summed E-state index contributed by atoms with van der Waals surface area (Å²) < 4.78 is 0. The highest BCUT2D eigenvalue weighted by Gasteiger charge is 2.28. The van der Waals surface area contributed by atoms with Crippen molar-refractivity contribution < 1.29 is 14.4 Å². The molecule has 1 aromatic rings. The SMILES string of the molecule is O=C(NOCCN1CCCC1=O)[C@H]1CCc2ccccc21. The number of nitrogens with zero attached hydrogens (tertiary/aromatic N) is 1. The number of carbonyl (C=O) groups is 2. The van der Waals surface area contributed by atoms with Crippen molar-refractivity contribution in [3.05, 3.63) is 35.4 Å². The first-order chi connectivity index (χ1) is 10.3. The summed E-state index contributed by atoms with van der Waals surface area (Å²) in [5.41, 5.74) is 4.88. The van der Waals surface area contributed by atoms with Crippen LogP contribution in [0, 0.1) is 0 Å². The first-order valence-corrected chi connectivity index (χ1v) is 7.53. The number of hydrogen-bond donors (Lipinski definition) is 1. The van der Waals surface area contributed by atoms with Gasteiger partial charge in [-0.15, -0.1) is 0 Å². The van der Waals surface area contributed by atoms with Gasteiger partial charge in [-0.3, -0.25) is 14.4 Å². The first kappa shape index (κ1) is 14.1. The zero-order chi connectivity index (χ0) is 14.7. The summed E-state index contributed by atoms with van der Waals surface area (Å²) in [6, 6.07) is 8.05. The summed E-state index contributed by atoms with van der Waals surface area (Å²) in [4.78, 5) is 30.6. The molecule has 0 unspecified atom stereocenters. The van der Waals surface area contributed by atoms with Crippen molar-refractivity contribution in [3.63, 3.8) is 0 Å². The number of likely N-dealkylation sites (tertiary alicyclic amines) is 1. The molecule has 1 aromatic carbocycles. The van der Waals surface area contributed by atoms with Gasteiger partial charge in [-0.05, 0) is 30.4 Å². The van der Waals surface area contributed by atoms with Crippen LogP contribution < -0.4 is 5.48 Å². The Balaban J connectivity index is 1.44. The fourth-order valence-corrected chi connectivity index (χ4v) is 3.12. The van der Waals surface area contributed by atoms with Crippen molar-refractivity contribution in [1.82, 2.24) is 10.4 Å². The van der Waals surface area contributed by atoms with Crippen LogP contribution >= 0.6 is 0 Å². The molecule has 0 bridgehead atoms. The Morgan fingerprint density at radius 2 is 2.19 bits per heavy atom. The molecule has 0 saturated carbocycles. The van der Waals surface area contributed by atoms with Crippen LogP contribution in [0.1, 0.15) is 36.3 Å². The molecule has 0 radical (unpaired) electrons. The van der Waals surface area contributed by atoms with Crippen LogP contribution in [0.25, 0.3) is 0 Å². The number of fused-ring (bicyclic) bond motifs is 1. The summed E-state index contributed by atoms with van der Waals surface area (Å²) in [6.45, 7) is 1.68. The molecule has 21 heavy (non-hydrogen) atoms.